The number of carboxylic acids is 1. The van der Waals surface area contributed by atoms with Crippen LogP contribution in [0.15, 0.2) is 48.8 Å². The van der Waals surface area contributed by atoms with E-state index in [0.717, 1.165) is 17.2 Å². The number of carbonyl (C=O) groups is 1. The second kappa shape index (κ2) is 5.03. The lowest BCUT2D eigenvalue weighted by atomic mass is 10.1. The predicted octanol–water partition coefficient (Wildman–Crippen LogP) is 2.24. The lowest BCUT2D eigenvalue weighted by Gasteiger charge is -1.99. The molecule has 0 spiro atoms. The highest BCUT2D eigenvalue weighted by Crippen LogP contribution is 2.15. The minimum atomic E-state index is -0.958. The normalized spacial score (nSPS) is 10.6. The van der Waals surface area contributed by atoms with Crippen molar-refractivity contribution in [3.05, 3.63) is 54.4 Å². The zero-order valence-electron chi connectivity index (χ0n) is 8.95. The van der Waals surface area contributed by atoms with Crippen LogP contribution < -0.4 is 0 Å². The van der Waals surface area contributed by atoms with Gasteiger partial charge in [0.2, 0.25) is 0 Å². The van der Waals surface area contributed by atoms with Gasteiger partial charge in [-0.3, -0.25) is 0 Å². The fourth-order valence-electron chi connectivity index (χ4n) is 1.36. The summed E-state index contributed by atoms with van der Waals surface area (Å²) in [6.07, 6.45) is 6.01. The Balaban J connectivity index is 2.22. The molecule has 1 aromatic carbocycles. The minimum absolute atomic E-state index is 0.654. The molecular weight excluding hydrogens is 216 g/mol. The Hall–Kier alpha value is -2.49. The van der Waals surface area contributed by atoms with Gasteiger partial charge in [0, 0.05) is 24.0 Å². The van der Waals surface area contributed by atoms with Crippen molar-refractivity contribution in [1.82, 2.24) is 9.97 Å². The molecule has 0 aliphatic carbocycles. The highest BCUT2D eigenvalue weighted by molar-refractivity contribution is 5.85. The molecule has 2 rings (SSSR count). The van der Waals surface area contributed by atoms with Gasteiger partial charge in [0.1, 0.15) is 0 Å². The van der Waals surface area contributed by atoms with Gasteiger partial charge in [0.25, 0.3) is 0 Å². The lowest BCUT2D eigenvalue weighted by molar-refractivity contribution is -0.131. The van der Waals surface area contributed by atoms with Crippen molar-refractivity contribution in [1.29, 1.82) is 0 Å². The van der Waals surface area contributed by atoms with E-state index >= 15 is 0 Å². The summed E-state index contributed by atoms with van der Waals surface area (Å²) in [5.74, 6) is -0.304. The highest BCUT2D eigenvalue weighted by atomic mass is 16.4. The van der Waals surface area contributed by atoms with E-state index < -0.39 is 5.97 Å². The molecule has 0 aliphatic heterocycles. The zero-order chi connectivity index (χ0) is 12.1. The van der Waals surface area contributed by atoms with Crippen LogP contribution in [-0.4, -0.2) is 21.0 Å². The molecule has 1 aromatic heterocycles. The number of aliphatic carboxylic acids is 1. The van der Waals surface area contributed by atoms with Gasteiger partial charge in [-0.25, -0.2) is 14.8 Å². The van der Waals surface area contributed by atoms with Crippen LogP contribution in [0, 0.1) is 0 Å². The van der Waals surface area contributed by atoms with E-state index in [1.165, 1.54) is 6.08 Å². The largest absolute Gasteiger partial charge is 0.478 e. The van der Waals surface area contributed by atoms with Crippen LogP contribution in [0.2, 0.25) is 0 Å². The molecule has 0 amide bonds. The third-order valence-corrected chi connectivity index (χ3v) is 2.15. The van der Waals surface area contributed by atoms with E-state index in [0.29, 0.717) is 5.82 Å². The topological polar surface area (TPSA) is 63.1 Å². The fourth-order valence-corrected chi connectivity index (χ4v) is 1.36. The quantitative estimate of drug-likeness (QED) is 0.815. The molecule has 0 atom stereocenters. The van der Waals surface area contributed by atoms with Crippen LogP contribution in [0.5, 0.6) is 0 Å². The van der Waals surface area contributed by atoms with Crippen LogP contribution in [0.4, 0.5) is 0 Å². The number of hydrogen-bond donors (Lipinski definition) is 1. The van der Waals surface area contributed by atoms with E-state index in [1.54, 1.807) is 18.5 Å². The molecule has 1 heterocycles. The minimum Gasteiger partial charge on any atom is -0.478 e. The van der Waals surface area contributed by atoms with Crippen molar-refractivity contribution in [3.8, 4) is 11.4 Å². The van der Waals surface area contributed by atoms with Crippen LogP contribution in [0.25, 0.3) is 17.5 Å². The van der Waals surface area contributed by atoms with Crippen molar-refractivity contribution in [3.63, 3.8) is 0 Å². The number of benzene rings is 1. The standard InChI is InChI=1S/C13H10N2O2/c16-12(17)7-4-10-2-5-11(6-3-10)13-14-8-1-9-15-13/h1-9H,(H,16,17)/b7-4+. The van der Waals surface area contributed by atoms with Crippen molar-refractivity contribution in [2.75, 3.05) is 0 Å². The molecule has 0 bridgehead atoms. The molecule has 0 saturated heterocycles. The Morgan fingerprint density at radius 2 is 1.76 bits per heavy atom. The molecule has 4 nitrogen and oxygen atoms in total. The number of hydrogen-bond acceptors (Lipinski definition) is 3. The lowest BCUT2D eigenvalue weighted by Crippen LogP contribution is -1.87. The van der Waals surface area contributed by atoms with E-state index in [-0.39, 0.29) is 0 Å². The molecule has 84 valence electrons. The summed E-state index contributed by atoms with van der Waals surface area (Å²) in [6, 6.07) is 9.12. The third-order valence-electron chi connectivity index (χ3n) is 2.15. The number of aromatic nitrogens is 2. The molecule has 0 unspecified atom stereocenters. The molecule has 0 radical (unpaired) electrons. The van der Waals surface area contributed by atoms with Crippen LogP contribution in [0.3, 0.4) is 0 Å². The average molecular weight is 226 g/mol. The van der Waals surface area contributed by atoms with Crippen LogP contribution in [0.1, 0.15) is 5.56 Å². The second-order valence-corrected chi connectivity index (χ2v) is 3.37. The number of rotatable bonds is 3. The summed E-state index contributed by atoms with van der Waals surface area (Å²) in [6.45, 7) is 0. The van der Waals surface area contributed by atoms with Gasteiger partial charge < -0.3 is 5.11 Å². The Morgan fingerprint density at radius 1 is 1.12 bits per heavy atom. The second-order valence-electron chi connectivity index (χ2n) is 3.37. The highest BCUT2D eigenvalue weighted by Gasteiger charge is 1.98. The van der Waals surface area contributed by atoms with Gasteiger partial charge in [0.05, 0.1) is 0 Å². The Labute approximate surface area is 98.3 Å². The van der Waals surface area contributed by atoms with Crippen LogP contribution >= 0.6 is 0 Å². The van der Waals surface area contributed by atoms with Gasteiger partial charge in [0.15, 0.2) is 5.82 Å². The van der Waals surface area contributed by atoms with Gasteiger partial charge >= 0.3 is 5.97 Å². The first-order valence-electron chi connectivity index (χ1n) is 5.04. The molecule has 17 heavy (non-hydrogen) atoms. The summed E-state index contributed by atoms with van der Waals surface area (Å²) < 4.78 is 0. The summed E-state index contributed by atoms with van der Waals surface area (Å²) in [7, 11) is 0. The molecular formula is C13H10N2O2. The van der Waals surface area contributed by atoms with Crippen molar-refractivity contribution >= 4 is 12.0 Å². The summed E-state index contributed by atoms with van der Waals surface area (Å²) in [5.41, 5.74) is 1.73. The Bertz CT molecular complexity index is 533. The zero-order valence-corrected chi connectivity index (χ0v) is 8.95. The van der Waals surface area contributed by atoms with E-state index in [1.807, 2.05) is 24.3 Å². The number of nitrogens with zero attached hydrogens (tertiary/aromatic N) is 2. The van der Waals surface area contributed by atoms with E-state index in [2.05, 4.69) is 9.97 Å². The van der Waals surface area contributed by atoms with Gasteiger partial charge in [-0.1, -0.05) is 24.3 Å². The summed E-state index contributed by atoms with van der Waals surface area (Å²) in [5, 5.41) is 8.50. The first kappa shape index (κ1) is 11.0. The summed E-state index contributed by atoms with van der Waals surface area (Å²) in [4.78, 5) is 18.6. The van der Waals surface area contributed by atoms with Gasteiger partial charge in [-0.05, 0) is 17.7 Å². The van der Waals surface area contributed by atoms with Crippen molar-refractivity contribution < 1.29 is 9.90 Å². The maximum Gasteiger partial charge on any atom is 0.328 e. The molecule has 1 N–H and O–H groups in total. The average Bonchev–Trinajstić information content (AvgIpc) is 2.38. The maximum absolute atomic E-state index is 10.4. The Morgan fingerprint density at radius 3 is 2.35 bits per heavy atom. The smallest absolute Gasteiger partial charge is 0.328 e. The molecule has 0 saturated carbocycles. The Kier molecular flexibility index (Phi) is 3.25. The molecule has 4 heteroatoms. The molecule has 0 aliphatic rings. The molecule has 0 fully saturated rings. The van der Waals surface area contributed by atoms with E-state index in [4.69, 9.17) is 5.11 Å². The van der Waals surface area contributed by atoms with Gasteiger partial charge in [-0.15, -0.1) is 0 Å². The maximum atomic E-state index is 10.4. The fraction of sp³-hybridized carbons (Fsp3) is 0. The van der Waals surface area contributed by atoms with Crippen molar-refractivity contribution in [2.45, 2.75) is 0 Å². The number of carboxylic acid groups (broad SMARTS) is 1. The van der Waals surface area contributed by atoms with Crippen LogP contribution in [-0.2, 0) is 4.79 Å². The van der Waals surface area contributed by atoms with Crippen molar-refractivity contribution in [2.24, 2.45) is 0 Å². The SMILES string of the molecule is O=C(O)/C=C/c1ccc(-c2ncccn2)cc1. The van der Waals surface area contributed by atoms with E-state index in [9.17, 15) is 4.79 Å². The predicted molar refractivity (Wildman–Crippen MR) is 64.1 cm³/mol. The third kappa shape index (κ3) is 2.98. The molecule has 2 aromatic rings. The summed E-state index contributed by atoms with van der Waals surface area (Å²) >= 11 is 0. The van der Waals surface area contributed by atoms with Gasteiger partial charge in [-0.2, -0.15) is 0 Å². The monoisotopic (exact) mass is 226 g/mol. The first-order chi connectivity index (χ1) is 8.25. The first-order valence-corrected chi connectivity index (χ1v) is 5.04.